The first kappa shape index (κ1) is 11.0. The summed E-state index contributed by atoms with van der Waals surface area (Å²) in [6.45, 7) is 2.04. The van der Waals surface area contributed by atoms with Crippen LogP contribution in [0.25, 0.3) is 0 Å². The molecule has 0 aliphatic carbocycles. The number of benzene rings is 1. The number of hydrogen-bond acceptors (Lipinski definition) is 3. The van der Waals surface area contributed by atoms with Crippen LogP contribution in [-0.2, 0) is 7.05 Å². The van der Waals surface area contributed by atoms with Crippen LogP contribution in [0.2, 0.25) is 0 Å². The first-order chi connectivity index (χ1) is 7.56. The monoisotopic (exact) mass is 280 g/mol. The van der Waals surface area contributed by atoms with Crippen LogP contribution in [0, 0.1) is 6.92 Å². The smallest absolute Gasteiger partial charge is 0.175 e. The second kappa shape index (κ2) is 4.17. The Kier molecular flexibility index (Phi) is 2.87. The highest BCUT2D eigenvalue weighted by Crippen LogP contribution is 2.25. The maximum Gasteiger partial charge on any atom is 0.175 e. The summed E-state index contributed by atoms with van der Waals surface area (Å²) in [6.07, 6.45) is 1.77. The number of rotatable bonds is 2. The predicted molar refractivity (Wildman–Crippen MR) is 69.8 cm³/mol. The SMILES string of the molecule is Cc1ccc(Nc2nn(C)cc2N)cc1Br. The van der Waals surface area contributed by atoms with Gasteiger partial charge in [0, 0.05) is 23.4 Å². The van der Waals surface area contributed by atoms with E-state index in [-0.39, 0.29) is 0 Å². The largest absolute Gasteiger partial charge is 0.394 e. The van der Waals surface area contributed by atoms with Crippen LogP contribution in [0.3, 0.4) is 0 Å². The fourth-order valence-corrected chi connectivity index (χ4v) is 1.79. The van der Waals surface area contributed by atoms with Gasteiger partial charge in [-0.25, -0.2) is 0 Å². The zero-order chi connectivity index (χ0) is 11.7. The van der Waals surface area contributed by atoms with Gasteiger partial charge in [0.15, 0.2) is 5.82 Å². The Hall–Kier alpha value is -1.49. The van der Waals surface area contributed by atoms with Gasteiger partial charge in [-0.1, -0.05) is 22.0 Å². The van der Waals surface area contributed by atoms with E-state index >= 15 is 0 Å². The Bertz CT molecular complexity index is 519. The molecule has 0 saturated heterocycles. The van der Waals surface area contributed by atoms with E-state index in [1.54, 1.807) is 10.9 Å². The van der Waals surface area contributed by atoms with E-state index < -0.39 is 0 Å². The van der Waals surface area contributed by atoms with E-state index in [1.807, 2.05) is 32.2 Å². The van der Waals surface area contributed by atoms with Crippen LogP contribution in [0.15, 0.2) is 28.9 Å². The fourth-order valence-electron chi connectivity index (χ4n) is 1.41. The second-order valence-corrected chi connectivity index (χ2v) is 4.55. The number of nitrogens with two attached hydrogens (primary N) is 1. The topological polar surface area (TPSA) is 55.9 Å². The third kappa shape index (κ3) is 2.19. The first-order valence-electron chi connectivity index (χ1n) is 4.88. The van der Waals surface area contributed by atoms with Crippen molar-refractivity contribution in [3.05, 3.63) is 34.4 Å². The van der Waals surface area contributed by atoms with Gasteiger partial charge in [0.2, 0.25) is 0 Å². The summed E-state index contributed by atoms with van der Waals surface area (Å²) < 4.78 is 2.74. The maximum atomic E-state index is 5.80. The Morgan fingerprint density at radius 3 is 2.75 bits per heavy atom. The molecule has 2 aromatic rings. The highest BCUT2D eigenvalue weighted by Gasteiger charge is 2.04. The van der Waals surface area contributed by atoms with E-state index in [0.717, 1.165) is 10.2 Å². The van der Waals surface area contributed by atoms with Crippen molar-refractivity contribution in [3.8, 4) is 0 Å². The van der Waals surface area contributed by atoms with Crippen LogP contribution in [0.5, 0.6) is 0 Å². The fraction of sp³-hybridized carbons (Fsp3) is 0.182. The van der Waals surface area contributed by atoms with Crippen molar-refractivity contribution < 1.29 is 0 Å². The average molecular weight is 281 g/mol. The molecule has 0 amide bonds. The number of halogens is 1. The lowest BCUT2D eigenvalue weighted by Crippen LogP contribution is -1.96. The van der Waals surface area contributed by atoms with E-state index in [2.05, 4.69) is 26.3 Å². The molecule has 1 heterocycles. The molecule has 0 spiro atoms. The molecule has 0 fully saturated rings. The predicted octanol–water partition coefficient (Wildman–Crippen LogP) is 2.82. The summed E-state index contributed by atoms with van der Waals surface area (Å²) in [6, 6.07) is 6.03. The molecule has 84 valence electrons. The molecule has 0 aliphatic heterocycles. The number of nitrogen functional groups attached to an aromatic ring is 1. The molecule has 0 bridgehead atoms. The molecular weight excluding hydrogens is 268 g/mol. The van der Waals surface area contributed by atoms with E-state index in [9.17, 15) is 0 Å². The molecule has 0 radical (unpaired) electrons. The lowest BCUT2D eigenvalue weighted by Gasteiger charge is -2.06. The molecule has 0 aliphatic rings. The number of aromatic nitrogens is 2. The van der Waals surface area contributed by atoms with Gasteiger partial charge >= 0.3 is 0 Å². The average Bonchev–Trinajstić information content (AvgIpc) is 2.51. The van der Waals surface area contributed by atoms with Gasteiger partial charge in [0.25, 0.3) is 0 Å². The van der Waals surface area contributed by atoms with Gasteiger partial charge < -0.3 is 11.1 Å². The molecule has 5 heteroatoms. The van der Waals surface area contributed by atoms with Gasteiger partial charge in [0.05, 0.1) is 5.69 Å². The third-order valence-corrected chi connectivity index (χ3v) is 3.15. The summed E-state index contributed by atoms with van der Waals surface area (Å²) in [5.74, 6) is 0.679. The minimum absolute atomic E-state index is 0.638. The third-order valence-electron chi connectivity index (χ3n) is 2.29. The molecule has 0 atom stereocenters. The van der Waals surface area contributed by atoms with Crippen molar-refractivity contribution in [2.45, 2.75) is 6.92 Å². The highest BCUT2D eigenvalue weighted by atomic mass is 79.9. The molecule has 3 N–H and O–H groups in total. The molecule has 0 unspecified atom stereocenters. The minimum Gasteiger partial charge on any atom is -0.394 e. The molecule has 2 rings (SSSR count). The van der Waals surface area contributed by atoms with Crippen LogP contribution >= 0.6 is 15.9 Å². The van der Waals surface area contributed by atoms with Crippen molar-refractivity contribution in [3.63, 3.8) is 0 Å². The Labute approximate surface area is 103 Å². The van der Waals surface area contributed by atoms with E-state index in [0.29, 0.717) is 11.5 Å². The number of hydrogen-bond donors (Lipinski definition) is 2. The summed E-state index contributed by atoms with van der Waals surface area (Å²) in [4.78, 5) is 0. The van der Waals surface area contributed by atoms with Gasteiger partial charge in [-0.05, 0) is 24.6 Å². The summed E-state index contributed by atoms with van der Waals surface area (Å²) in [5, 5.41) is 7.40. The molecule has 16 heavy (non-hydrogen) atoms. The molecular formula is C11H13BrN4. The lowest BCUT2D eigenvalue weighted by atomic mass is 10.2. The van der Waals surface area contributed by atoms with Crippen molar-refractivity contribution in [1.82, 2.24) is 9.78 Å². The number of aryl methyl sites for hydroxylation is 2. The second-order valence-electron chi connectivity index (χ2n) is 3.70. The van der Waals surface area contributed by atoms with E-state index in [4.69, 9.17) is 5.73 Å². The van der Waals surface area contributed by atoms with Crippen molar-refractivity contribution in [1.29, 1.82) is 0 Å². The minimum atomic E-state index is 0.638. The Morgan fingerprint density at radius 2 is 2.19 bits per heavy atom. The summed E-state index contributed by atoms with van der Waals surface area (Å²) in [7, 11) is 1.84. The standard InChI is InChI=1S/C11H13BrN4/c1-7-3-4-8(5-9(7)12)14-11-10(13)6-16(2)15-11/h3-6H,13H2,1-2H3,(H,14,15). The molecule has 0 saturated carbocycles. The number of nitrogens with zero attached hydrogens (tertiary/aromatic N) is 2. The summed E-state index contributed by atoms with van der Waals surface area (Å²) in [5.41, 5.74) is 8.59. The maximum absolute atomic E-state index is 5.80. The van der Waals surface area contributed by atoms with Gasteiger partial charge in [-0.15, -0.1) is 0 Å². The van der Waals surface area contributed by atoms with Crippen molar-refractivity contribution in [2.24, 2.45) is 7.05 Å². The zero-order valence-corrected chi connectivity index (χ0v) is 10.7. The molecule has 1 aromatic carbocycles. The van der Waals surface area contributed by atoms with Crippen molar-refractivity contribution >= 4 is 33.1 Å². The van der Waals surface area contributed by atoms with Gasteiger partial charge in [0.1, 0.15) is 0 Å². The summed E-state index contributed by atoms with van der Waals surface area (Å²) >= 11 is 3.49. The number of nitrogens with one attached hydrogen (secondary N) is 1. The van der Waals surface area contributed by atoms with Crippen LogP contribution in [0.4, 0.5) is 17.2 Å². The normalized spacial score (nSPS) is 10.4. The first-order valence-corrected chi connectivity index (χ1v) is 5.68. The Morgan fingerprint density at radius 1 is 1.44 bits per heavy atom. The van der Waals surface area contributed by atoms with Gasteiger partial charge in [-0.3, -0.25) is 4.68 Å². The highest BCUT2D eigenvalue weighted by molar-refractivity contribution is 9.10. The van der Waals surface area contributed by atoms with E-state index in [1.165, 1.54) is 5.56 Å². The molecule has 4 nitrogen and oxygen atoms in total. The van der Waals surface area contributed by atoms with Crippen LogP contribution in [0.1, 0.15) is 5.56 Å². The van der Waals surface area contributed by atoms with Crippen molar-refractivity contribution in [2.75, 3.05) is 11.1 Å². The zero-order valence-electron chi connectivity index (χ0n) is 9.16. The van der Waals surface area contributed by atoms with Crippen LogP contribution < -0.4 is 11.1 Å². The molecule has 1 aromatic heterocycles. The number of anilines is 3. The van der Waals surface area contributed by atoms with Crippen LogP contribution in [-0.4, -0.2) is 9.78 Å². The lowest BCUT2D eigenvalue weighted by molar-refractivity contribution is 0.771. The quantitative estimate of drug-likeness (QED) is 0.890. The van der Waals surface area contributed by atoms with Gasteiger partial charge in [-0.2, -0.15) is 5.10 Å². The Balaban J connectivity index is 2.27.